The molecule has 0 aromatic rings. The van der Waals surface area contributed by atoms with Gasteiger partial charge in [-0.25, -0.2) is 0 Å². The van der Waals surface area contributed by atoms with E-state index in [0.29, 0.717) is 13.2 Å². The topological polar surface area (TPSA) is 48.0 Å². The van der Waals surface area contributed by atoms with Crippen LogP contribution in [0.5, 0.6) is 0 Å². The molecule has 0 bridgehead atoms. The summed E-state index contributed by atoms with van der Waals surface area (Å²) < 4.78 is 18.2. The van der Waals surface area contributed by atoms with Crippen LogP contribution in [0.4, 0.5) is 0 Å². The number of likely N-dealkylation sites (tertiary alicyclic amines) is 1. The molecule has 3 saturated heterocycles. The molecule has 1 aliphatic carbocycles. The van der Waals surface area contributed by atoms with Gasteiger partial charge in [-0.2, -0.15) is 0 Å². The molecule has 1 spiro atoms. The monoisotopic (exact) mass is 373 g/mol. The van der Waals surface area contributed by atoms with E-state index >= 15 is 0 Å². The molecule has 148 valence electrons. The molecule has 0 saturated carbocycles. The van der Waals surface area contributed by atoms with Crippen molar-refractivity contribution in [1.29, 1.82) is 0 Å². The van der Waals surface area contributed by atoms with Gasteiger partial charge in [0, 0.05) is 31.3 Å². The second-order valence-electron chi connectivity index (χ2n) is 9.35. The summed E-state index contributed by atoms with van der Waals surface area (Å²) in [5.41, 5.74) is 1.26. The number of carbonyl (C=O) groups is 1. The Kier molecular flexibility index (Phi) is 4.60. The first-order valence-electron chi connectivity index (χ1n) is 10.4. The number of amides is 1. The van der Waals surface area contributed by atoms with Crippen molar-refractivity contribution >= 4 is 13.0 Å². The summed E-state index contributed by atoms with van der Waals surface area (Å²) in [7, 11) is -0.273. The number of hydrogen-bond donors (Lipinski definition) is 0. The quantitative estimate of drug-likeness (QED) is 0.708. The number of fused-ring (bicyclic) bond motifs is 2. The molecule has 5 nitrogen and oxygen atoms in total. The largest absolute Gasteiger partial charge is 0.465 e. The molecule has 27 heavy (non-hydrogen) atoms. The Morgan fingerprint density at radius 2 is 1.78 bits per heavy atom. The van der Waals surface area contributed by atoms with E-state index in [1.165, 1.54) is 5.57 Å². The Morgan fingerprint density at radius 1 is 1.15 bits per heavy atom. The van der Waals surface area contributed by atoms with Gasteiger partial charge in [-0.15, -0.1) is 0 Å². The van der Waals surface area contributed by atoms with Gasteiger partial charge in [-0.05, 0) is 59.0 Å². The summed E-state index contributed by atoms with van der Waals surface area (Å²) in [6, 6.07) is 0. The average Bonchev–Trinajstić information content (AvgIpc) is 2.98. The summed E-state index contributed by atoms with van der Waals surface area (Å²) in [6.07, 6.45) is 7.90. The fourth-order valence-electron chi connectivity index (χ4n) is 4.78. The molecule has 3 aliphatic heterocycles. The Bertz CT molecular complexity index is 674. The van der Waals surface area contributed by atoms with Gasteiger partial charge in [0.05, 0.1) is 16.6 Å². The summed E-state index contributed by atoms with van der Waals surface area (Å²) >= 11 is 0. The van der Waals surface area contributed by atoms with Crippen LogP contribution in [0, 0.1) is 5.41 Å². The van der Waals surface area contributed by atoms with Crippen LogP contribution in [0.2, 0.25) is 5.82 Å². The molecule has 1 atom stereocenters. The average molecular weight is 373 g/mol. The van der Waals surface area contributed by atoms with Crippen molar-refractivity contribution in [2.75, 3.05) is 19.8 Å². The van der Waals surface area contributed by atoms with Crippen LogP contribution < -0.4 is 0 Å². The highest BCUT2D eigenvalue weighted by atomic mass is 16.7. The minimum atomic E-state index is -0.375. The zero-order valence-corrected chi connectivity index (χ0v) is 17.3. The van der Waals surface area contributed by atoms with E-state index in [1.54, 1.807) is 0 Å². The predicted molar refractivity (Wildman–Crippen MR) is 105 cm³/mol. The van der Waals surface area contributed by atoms with Gasteiger partial charge in [0.25, 0.3) is 0 Å². The third kappa shape index (κ3) is 2.83. The van der Waals surface area contributed by atoms with Gasteiger partial charge in [0.1, 0.15) is 0 Å². The maximum Gasteiger partial charge on any atom is 0.465 e. The summed E-state index contributed by atoms with van der Waals surface area (Å²) in [5.74, 6) is 0.395. The lowest BCUT2D eigenvalue weighted by atomic mass is 9.65. The zero-order chi connectivity index (χ0) is 19.4. The van der Waals surface area contributed by atoms with E-state index in [2.05, 4.69) is 46.8 Å². The smallest absolute Gasteiger partial charge is 0.403 e. The zero-order valence-electron chi connectivity index (χ0n) is 17.3. The maximum absolute atomic E-state index is 13.4. The second-order valence-corrected chi connectivity index (χ2v) is 9.35. The highest BCUT2D eigenvalue weighted by Gasteiger charge is 2.57. The van der Waals surface area contributed by atoms with E-state index in [9.17, 15) is 4.79 Å². The first-order valence-corrected chi connectivity index (χ1v) is 10.4. The summed E-state index contributed by atoms with van der Waals surface area (Å²) in [6.45, 7) is 12.6. The number of rotatable bonds is 3. The predicted octanol–water partition coefficient (Wildman–Crippen LogP) is 3.71. The second kappa shape index (κ2) is 6.46. The normalized spacial score (nSPS) is 31.1. The Hall–Kier alpha value is -1.11. The minimum absolute atomic E-state index is 0.131. The Labute approximate surface area is 163 Å². The van der Waals surface area contributed by atoms with Crippen molar-refractivity contribution in [2.45, 2.75) is 77.3 Å². The van der Waals surface area contributed by atoms with Crippen LogP contribution in [0.15, 0.2) is 23.4 Å². The summed E-state index contributed by atoms with van der Waals surface area (Å²) in [4.78, 5) is 15.4. The van der Waals surface area contributed by atoms with Crippen LogP contribution in [0.25, 0.3) is 0 Å². The highest BCUT2D eigenvalue weighted by Crippen LogP contribution is 2.53. The van der Waals surface area contributed by atoms with Crippen molar-refractivity contribution in [2.24, 2.45) is 5.41 Å². The number of ether oxygens (including phenoxy) is 1. The molecule has 3 fully saturated rings. The van der Waals surface area contributed by atoms with Crippen molar-refractivity contribution in [1.82, 2.24) is 4.90 Å². The van der Waals surface area contributed by atoms with E-state index < -0.39 is 0 Å². The van der Waals surface area contributed by atoms with Gasteiger partial charge >= 0.3 is 7.12 Å². The van der Waals surface area contributed by atoms with Gasteiger partial charge in [-0.3, -0.25) is 4.79 Å². The third-order valence-electron chi connectivity index (χ3n) is 7.12. The maximum atomic E-state index is 13.4. The molecule has 4 rings (SSSR count). The lowest BCUT2D eigenvalue weighted by Gasteiger charge is -2.33. The van der Waals surface area contributed by atoms with Crippen LogP contribution in [-0.2, 0) is 18.8 Å². The first-order chi connectivity index (χ1) is 12.7. The lowest BCUT2D eigenvalue weighted by Crippen LogP contribution is -2.41. The first kappa shape index (κ1) is 19.2. The lowest BCUT2D eigenvalue weighted by molar-refractivity contribution is -0.138. The molecule has 1 amide bonds. The molecule has 4 aliphatic rings. The highest BCUT2D eigenvalue weighted by molar-refractivity contribution is 6.48. The van der Waals surface area contributed by atoms with Crippen LogP contribution in [0.3, 0.4) is 0 Å². The van der Waals surface area contributed by atoms with Gasteiger partial charge in [0.2, 0.25) is 5.91 Å². The summed E-state index contributed by atoms with van der Waals surface area (Å²) in [5, 5.41) is 0. The van der Waals surface area contributed by atoms with E-state index in [1.807, 2.05) is 4.90 Å². The van der Waals surface area contributed by atoms with Crippen LogP contribution in [0.1, 0.15) is 60.3 Å². The van der Waals surface area contributed by atoms with Crippen LogP contribution in [-0.4, -0.2) is 48.9 Å². The molecule has 3 heterocycles. The van der Waals surface area contributed by atoms with Crippen molar-refractivity contribution in [3.05, 3.63) is 23.4 Å². The Morgan fingerprint density at radius 3 is 2.37 bits per heavy atom. The fourth-order valence-corrected chi connectivity index (χ4v) is 4.78. The third-order valence-corrected chi connectivity index (χ3v) is 7.12. The molecule has 0 aromatic heterocycles. The molecule has 0 radical (unpaired) electrons. The van der Waals surface area contributed by atoms with Gasteiger partial charge in [0.15, 0.2) is 0 Å². The number of hydrogen-bond acceptors (Lipinski definition) is 4. The van der Waals surface area contributed by atoms with Crippen molar-refractivity contribution in [3.63, 3.8) is 0 Å². The minimum Gasteiger partial charge on any atom is -0.403 e. The number of carbonyl (C=O) groups excluding carboxylic acids is 1. The molecule has 1 unspecified atom stereocenters. The van der Waals surface area contributed by atoms with E-state index in [0.717, 1.165) is 37.9 Å². The van der Waals surface area contributed by atoms with Crippen molar-refractivity contribution < 1.29 is 18.8 Å². The van der Waals surface area contributed by atoms with Crippen molar-refractivity contribution in [3.8, 4) is 0 Å². The molecular weight excluding hydrogens is 341 g/mol. The number of allylic oxidation sites excluding steroid dienone is 3. The fraction of sp³-hybridized carbons (Fsp3) is 0.762. The molecular formula is C21H32BNO4. The van der Waals surface area contributed by atoms with Gasteiger partial charge in [-0.1, -0.05) is 19.1 Å². The molecule has 0 N–H and O–H groups in total. The van der Waals surface area contributed by atoms with E-state index in [4.69, 9.17) is 14.0 Å². The van der Waals surface area contributed by atoms with Gasteiger partial charge < -0.3 is 18.9 Å². The van der Waals surface area contributed by atoms with E-state index in [-0.39, 0.29) is 35.5 Å². The molecule has 6 heteroatoms. The Balaban J connectivity index is 1.65. The number of nitrogens with zero attached hydrogens (tertiary/aromatic N) is 1. The van der Waals surface area contributed by atoms with Crippen LogP contribution >= 0.6 is 0 Å². The SMILES string of the molecule is CCCN1C(=O)C2(CCOCC2)C2=CCC(B3OC(C)(C)C(C)(C)O3)C=C21. The molecule has 0 aromatic carbocycles. The standard InChI is InChI=1S/C21H32BNO4/c1-6-11-23-17-14-15(22-26-19(2,3)20(4,5)27-22)7-8-16(17)21(18(23)24)9-12-25-13-10-21/h8,14-15H,6-7,9-13H2,1-5H3.